The summed E-state index contributed by atoms with van der Waals surface area (Å²) < 4.78 is 5.28. The molecule has 1 aromatic rings. The van der Waals surface area contributed by atoms with Crippen molar-refractivity contribution in [2.24, 2.45) is 0 Å². The van der Waals surface area contributed by atoms with Crippen molar-refractivity contribution >= 4 is 0 Å². The van der Waals surface area contributed by atoms with E-state index in [1.807, 2.05) is 0 Å². The molecule has 1 saturated heterocycles. The summed E-state index contributed by atoms with van der Waals surface area (Å²) >= 11 is 0. The third-order valence-electron chi connectivity index (χ3n) is 2.59. The lowest BCUT2D eigenvalue weighted by Gasteiger charge is -2.20. The number of aryl methyl sites for hydroxylation is 1. The van der Waals surface area contributed by atoms with Gasteiger partial charge in [-0.1, -0.05) is 18.5 Å². The lowest BCUT2D eigenvalue weighted by atomic mass is 10.0. The highest BCUT2D eigenvalue weighted by atomic mass is 16.5. The summed E-state index contributed by atoms with van der Waals surface area (Å²) in [5.74, 6) is 1.01. The minimum atomic E-state index is 0.404. The topological polar surface area (TPSA) is 38.1 Å². The highest BCUT2D eigenvalue weighted by molar-refractivity contribution is 5.09. The summed E-state index contributed by atoms with van der Waals surface area (Å²) in [4.78, 5) is 0. The van der Waals surface area contributed by atoms with Crippen molar-refractivity contribution in [1.82, 2.24) is 10.5 Å². The van der Waals surface area contributed by atoms with Crippen molar-refractivity contribution in [2.45, 2.75) is 38.6 Å². The van der Waals surface area contributed by atoms with Gasteiger partial charge >= 0.3 is 0 Å². The Morgan fingerprint density at radius 3 is 3.15 bits per heavy atom. The molecule has 0 spiro atoms. The molecule has 3 heteroatoms. The lowest BCUT2D eigenvalue weighted by molar-refractivity contribution is 0.303. The molecule has 0 saturated carbocycles. The highest BCUT2D eigenvalue weighted by Crippen LogP contribution is 2.23. The second-order valence-corrected chi connectivity index (χ2v) is 3.58. The lowest BCUT2D eigenvalue weighted by Crippen LogP contribution is -2.26. The number of piperidine rings is 1. The zero-order valence-corrected chi connectivity index (χ0v) is 8.05. The average molecular weight is 180 g/mol. The Morgan fingerprint density at radius 1 is 1.62 bits per heavy atom. The van der Waals surface area contributed by atoms with Crippen LogP contribution >= 0.6 is 0 Å². The number of hydrogen-bond donors (Lipinski definition) is 1. The fourth-order valence-electron chi connectivity index (χ4n) is 1.75. The van der Waals surface area contributed by atoms with Gasteiger partial charge in [-0.05, 0) is 25.8 Å². The van der Waals surface area contributed by atoms with Crippen molar-refractivity contribution < 1.29 is 4.52 Å². The quantitative estimate of drug-likeness (QED) is 0.757. The maximum absolute atomic E-state index is 5.28. The predicted molar refractivity (Wildman–Crippen MR) is 50.5 cm³/mol. The Hall–Kier alpha value is -0.830. The smallest absolute Gasteiger partial charge is 0.153 e. The Bertz CT molecular complexity index is 264. The monoisotopic (exact) mass is 180 g/mol. The molecule has 0 radical (unpaired) electrons. The van der Waals surface area contributed by atoms with Crippen molar-refractivity contribution in [3.05, 3.63) is 17.5 Å². The van der Waals surface area contributed by atoms with Gasteiger partial charge in [-0.25, -0.2) is 0 Å². The molecule has 1 unspecified atom stereocenters. The van der Waals surface area contributed by atoms with Crippen molar-refractivity contribution in [2.75, 3.05) is 6.54 Å². The van der Waals surface area contributed by atoms with E-state index in [0.29, 0.717) is 6.04 Å². The fourth-order valence-corrected chi connectivity index (χ4v) is 1.75. The molecule has 3 nitrogen and oxygen atoms in total. The molecule has 2 rings (SSSR count). The maximum atomic E-state index is 5.28. The molecule has 1 fully saturated rings. The van der Waals surface area contributed by atoms with Crippen molar-refractivity contribution in [3.8, 4) is 0 Å². The molecule has 1 aliphatic heterocycles. The van der Waals surface area contributed by atoms with Crippen LogP contribution in [0.5, 0.6) is 0 Å². The minimum absolute atomic E-state index is 0.404. The van der Waals surface area contributed by atoms with E-state index in [4.69, 9.17) is 4.52 Å². The van der Waals surface area contributed by atoms with E-state index in [0.717, 1.165) is 24.4 Å². The highest BCUT2D eigenvalue weighted by Gasteiger charge is 2.18. The number of nitrogens with one attached hydrogen (secondary N) is 1. The van der Waals surface area contributed by atoms with Gasteiger partial charge in [0.2, 0.25) is 0 Å². The molecule has 0 amide bonds. The zero-order chi connectivity index (χ0) is 9.10. The van der Waals surface area contributed by atoms with E-state index in [9.17, 15) is 0 Å². The molecule has 0 bridgehead atoms. The summed E-state index contributed by atoms with van der Waals surface area (Å²) in [6, 6.07) is 2.48. The molecule has 1 aliphatic rings. The van der Waals surface area contributed by atoms with Crippen molar-refractivity contribution in [3.63, 3.8) is 0 Å². The normalized spacial score (nSPS) is 23.3. The molecule has 1 N–H and O–H groups in total. The van der Waals surface area contributed by atoms with Crippen LogP contribution in [0, 0.1) is 0 Å². The van der Waals surface area contributed by atoms with Crippen LogP contribution in [0.25, 0.3) is 0 Å². The van der Waals surface area contributed by atoms with E-state index in [2.05, 4.69) is 23.5 Å². The van der Waals surface area contributed by atoms with E-state index in [1.165, 1.54) is 19.3 Å². The van der Waals surface area contributed by atoms with Crippen molar-refractivity contribution in [1.29, 1.82) is 0 Å². The van der Waals surface area contributed by atoms with Crippen LogP contribution in [-0.4, -0.2) is 11.7 Å². The van der Waals surface area contributed by atoms with Crippen LogP contribution in [0.15, 0.2) is 10.6 Å². The van der Waals surface area contributed by atoms with Gasteiger partial charge in [0.05, 0.1) is 11.7 Å². The van der Waals surface area contributed by atoms with Gasteiger partial charge in [0.1, 0.15) is 0 Å². The minimum Gasteiger partial charge on any atom is -0.359 e. The van der Waals surface area contributed by atoms with Crippen LogP contribution in [0.1, 0.15) is 43.7 Å². The van der Waals surface area contributed by atoms with Gasteiger partial charge in [-0.3, -0.25) is 0 Å². The Morgan fingerprint density at radius 2 is 2.54 bits per heavy atom. The molecule has 2 heterocycles. The van der Waals surface area contributed by atoms with Gasteiger partial charge in [-0.15, -0.1) is 0 Å². The molecule has 13 heavy (non-hydrogen) atoms. The first-order valence-corrected chi connectivity index (χ1v) is 5.09. The van der Waals surface area contributed by atoms with E-state index >= 15 is 0 Å². The summed E-state index contributed by atoms with van der Waals surface area (Å²) in [6.45, 7) is 3.20. The molecular formula is C10H16N2O. The van der Waals surface area contributed by atoms with Gasteiger partial charge in [0.15, 0.2) is 5.76 Å². The fraction of sp³-hybridized carbons (Fsp3) is 0.700. The van der Waals surface area contributed by atoms with Crippen LogP contribution in [0.4, 0.5) is 0 Å². The van der Waals surface area contributed by atoms with Crippen LogP contribution < -0.4 is 5.32 Å². The van der Waals surface area contributed by atoms with E-state index < -0.39 is 0 Å². The van der Waals surface area contributed by atoms with E-state index in [-0.39, 0.29) is 0 Å². The molecule has 0 aromatic carbocycles. The second-order valence-electron chi connectivity index (χ2n) is 3.58. The molecule has 1 atom stereocenters. The van der Waals surface area contributed by atoms with E-state index in [1.54, 1.807) is 0 Å². The third-order valence-corrected chi connectivity index (χ3v) is 2.59. The SMILES string of the molecule is CCc1cc(C2CCCCN2)on1. The zero-order valence-electron chi connectivity index (χ0n) is 8.05. The van der Waals surface area contributed by atoms with Gasteiger partial charge in [0.25, 0.3) is 0 Å². The first-order valence-electron chi connectivity index (χ1n) is 5.09. The second kappa shape index (κ2) is 3.92. The maximum Gasteiger partial charge on any atom is 0.153 e. The summed E-state index contributed by atoms with van der Waals surface area (Å²) in [7, 11) is 0. The molecule has 72 valence electrons. The molecule has 0 aliphatic carbocycles. The molecular weight excluding hydrogens is 164 g/mol. The number of aromatic nitrogens is 1. The Labute approximate surface area is 78.5 Å². The van der Waals surface area contributed by atoms with Crippen LogP contribution in [0.2, 0.25) is 0 Å². The van der Waals surface area contributed by atoms with Gasteiger partial charge < -0.3 is 9.84 Å². The first kappa shape index (κ1) is 8.75. The standard InChI is InChI=1S/C10H16N2O/c1-2-8-7-10(13-12-8)9-5-3-4-6-11-9/h7,9,11H,2-6H2,1H3. The Balaban J connectivity index is 2.05. The summed E-state index contributed by atoms with van der Waals surface area (Å²) in [5, 5.41) is 7.43. The Kier molecular flexibility index (Phi) is 2.64. The number of nitrogens with zero attached hydrogens (tertiary/aromatic N) is 1. The number of hydrogen-bond acceptors (Lipinski definition) is 3. The largest absolute Gasteiger partial charge is 0.359 e. The first-order chi connectivity index (χ1) is 6.40. The molecule has 1 aromatic heterocycles. The van der Waals surface area contributed by atoms with Gasteiger partial charge in [-0.2, -0.15) is 0 Å². The van der Waals surface area contributed by atoms with Gasteiger partial charge in [0, 0.05) is 6.07 Å². The third kappa shape index (κ3) is 1.91. The summed E-state index contributed by atoms with van der Waals surface area (Å²) in [6.07, 6.45) is 4.71. The predicted octanol–water partition coefficient (Wildman–Crippen LogP) is 2.05. The van der Waals surface area contributed by atoms with Crippen LogP contribution in [-0.2, 0) is 6.42 Å². The van der Waals surface area contributed by atoms with Crippen LogP contribution in [0.3, 0.4) is 0 Å². The average Bonchev–Trinajstić information content (AvgIpc) is 2.67. The number of rotatable bonds is 2. The summed E-state index contributed by atoms with van der Waals surface area (Å²) in [5.41, 5.74) is 1.06.